The van der Waals surface area contributed by atoms with Gasteiger partial charge in [0.2, 0.25) is 0 Å². The van der Waals surface area contributed by atoms with E-state index in [1.165, 1.54) is 32.2 Å². The number of nitrogens with zero attached hydrogens (tertiary/aromatic N) is 1. The molecule has 0 unspecified atom stereocenters. The van der Waals surface area contributed by atoms with Crippen LogP contribution in [0.5, 0.6) is 0 Å². The molecule has 1 aliphatic heterocycles. The maximum atomic E-state index is 11.7. The molecule has 1 heterocycles. The van der Waals surface area contributed by atoms with Crippen LogP contribution in [0.4, 0.5) is 5.69 Å². The van der Waals surface area contributed by atoms with Crippen molar-refractivity contribution in [1.29, 1.82) is 0 Å². The Morgan fingerprint density at radius 1 is 1.41 bits per heavy atom. The van der Waals surface area contributed by atoms with Gasteiger partial charge >= 0.3 is 5.97 Å². The van der Waals surface area contributed by atoms with Gasteiger partial charge in [-0.3, -0.25) is 0 Å². The van der Waals surface area contributed by atoms with Gasteiger partial charge < -0.3 is 10.1 Å². The summed E-state index contributed by atoms with van der Waals surface area (Å²) in [4.78, 5) is 11.4. The molecule has 0 fully saturated rings. The van der Waals surface area contributed by atoms with E-state index >= 15 is 0 Å². The molecule has 1 aromatic rings. The van der Waals surface area contributed by atoms with Gasteiger partial charge in [0.1, 0.15) is 10.7 Å². The lowest BCUT2D eigenvalue weighted by molar-refractivity contribution is 0.0600. The number of methoxy groups -OCH3 is 1. The summed E-state index contributed by atoms with van der Waals surface area (Å²) in [6, 6.07) is 4.15. The average Bonchev–Trinajstić information content (AvgIpc) is 2.25. The molecule has 1 aliphatic rings. The summed E-state index contributed by atoms with van der Waals surface area (Å²) in [6.45, 7) is 1.53. The number of amidine groups is 1. The zero-order chi connectivity index (χ0) is 12.6. The van der Waals surface area contributed by atoms with Crippen LogP contribution in [0, 0.1) is 0 Å². The molecule has 2 rings (SSSR count). The van der Waals surface area contributed by atoms with Crippen molar-refractivity contribution in [3.8, 4) is 0 Å². The second-order valence-electron chi connectivity index (χ2n) is 3.48. The van der Waals surface area contributed by atoms with Crippen LogP contribution in [-0.4, -0.2) is 27.3 Å². The number of fused-ring (bicyclic) bond motifs is 1. The van der Waals surface area contributed by atoms with Gasteiger partial charge in [-0.05, 0) is 25.1 Å². The zero-order valence-corrected chi connectivity index (χ0v) is 10.0. The molecule has 1 aromatic carbocycles. The summed E-state index contributed by atoms with van der Waals surface area (Å²) in [5, 5.41) is 2.80. The molecular weight excluding hydrogens is 244 g/mol. The fourth-order valence-electron chi connectivity index (χ4n) is 1.54. The van der Waals surface area contributed by atoms with Crippen LogP contribution < -0.4 is 5.32 Å². The first-order valence-electron chi connectivity index (χ1n) is 4.75. The summed E-state index contributed by atoms with van der Waals surface area (Å²) >= 11 is 0. The fourth-order valence-corrected chi connectivity index (χ4v) is 2.68. The SMILES string of the molecule is COC(=O)c1ccc2c(c1)NC(C)=NS2(=O)=O. The molecule has 17 heavy (non-hydrogen) atoms. The maximum absolute atomic E-state index is 11.7. The first kappa shape index (κ1) is 11.6. The van der Waals surface area contributed by atoms with Gasteiger partial charge in [0.25, 0.3) is 10.0 Å². The molecule has 0 saturated carbocycles. The first-order chi connectivity index (χ1) is 7.94. The van der Waals surface area contributed by atoms with Crippen molar-refractivity contribution in [3.05, 3.63) is 23.8 Å². The number of anilines is 1. The lowest BCUT2D eigenvalue weighted by atomic mass is 10.2. The van der Waals surface area contributed by atoms with Crippen molar-refractivity contribution >= 4 is 27.5 Å². The van der Waals surface area contributed by atoms with Crippen LogP contribution in [0.3, 0.4) is 0 Å². The van der Waals surface area contributed by atoms with Crippen molar-refractivity contribution in [2.75, 3.05) is 12.4 Å². The van der Waals surface area contributed by atoms with Crippen LogP contribution in [0.1, 0.15) is 17.3 Å². The molecule has 6 nitrogen and oxygen atoms in total. The van der Waals surface area contributed by atoms with Gasteiger partial charge in [0.15, 0.2) is 0 Å². The lowest BCUT2D eigenvalue weighted by Crippen LogP contribution is -2.19. The Morgan fingerprint density at radius 3 is 2.76 bits per heavy atom. The number of sulfonamides is 1. The molecule has 0 atom stereocenters. The van der Waals surface area contributed by atoms with Crippen LogP contribution in [0.15, 0.2) is 27.5 Å². The zero-order valence-electron chi connectivity index (χ0n) is 9.22. The summed E-state index contributed by atoms with van der Waals surface area (Å²) in [5.74, 6) is -0.258. The quantitative estimate of drug-likeness (QED) is 0.756. The Kier molecular flexibility index (Phi) is 2.62. The van der Waals surface area contributed by atoms with E-state index in [0.717, 1.165) is 0 Å². The molecule has 0 radical (unpaired) electrons. The predicted octanol–water partition coefficient (Wildman–Crippen LogP) is 1.01. The normalized spacial score (nSPS) is 16.5. The highest BCUT2D eigenvalue weighted by atomic mass is 32.2. The topological polar surface area (TPSA) is 84.8 Å². The van der Waals surface area contributed by atoms with Crippen molar-refractivity contribution in [3.63, 3.8) is 0 Å². The second kappa shape index (κ2) is 3.85. The third-order valence-electron chi connectivity index (χ3n) is 2.25. The largest absolute Gasteiger partial charge is 0.465 e. The van der Waals surface area contributed by atoms with E-state index in [9.17, 15) is 13.2 Å². The molecular formula is C10H10N2O4S. The first-order valence-corrected chi connectivity index (χ1v) is 6.19. The minimum Gasteiger partial charge on any atom is -0.465 e. The van der Waals surface area contributed by atoms with Crippen molar-refractivity contribution < 1.29 is 17.9 Å². The monoisotopic (exact) mass is 254 g/mol. The predicted molar refractivity (Wildman–Crippen MR) is 61.7 cm³/mol. The van der Waals surface area contributed by atoms with Gasteiger partial charge in [0.05, 0.1) is 18.4 Å². The number of carbonyl (C=O) groups excluding carboxylic acids is 1. The van der Waals surface area contributed by atoms with E-state index in [2.05, 4.69) is 14.5 Å². The molecule has 0 spiro atoms. The summed E-state index contributed by atoms with van der Waals surface area (Å²) in [7, 11) is -2.40. The molecule has 0 amide bonds. The highest BCUT2D eigenvalue weighted by Crippen LogP contribution is 2.28. The smallest absolute Gasteiger partial charge is 0.337 e. The van der Waals surface area contributed by atoms with Gasteiger partial charge in [-0.1, -0.05) is 0 Å². The molecule has 1 N–H and O–H groups in total. The molecule has 0 aliphatic carbocycles. The van der Waals surface area contributed by atoms with E-state index in [-0.39, 0.29) is 16.3 Å². The third kappa shape index (κ3) is 2.01. The van der Waals surface area contributed by atoms with Crippen molar-refractivity contribution in [2.24, 2.45) is 4.40 Å². The van der Waals surface area contributed by atoms with Crippen LogP contribution >= 0.6 is 0 Å². The van der Waals surface area contributed by atoms with E-state index in [1.54, 1.807) is 0 Å². The Balaban J connectivity index is 2.57. The molecule has 90 valence electrons. The minimum absolute atomic E-state index is 0.0516. The number of esters is 1. The Morgan fingerprint density at radius 2 is 2.12 bits per heavy atom. The van der Waals surface area contributed by atoms with Crippen LogP contribution in [0.25, 0.3) is 0 Å². The van der Waals surface area contributed by atoms with Gasteiger partial charge in [0, 0.05) is 0 Å². The van der Waals surface area contributed by atoms with Crippen LogP contribution in [-0.2, 0) is 14.8 Å². The molecule has 0 aromatic heterocycles. The lowest BCUT2D eigenvalue weighted by Gasteiger charge is -2.16. The Labute approximate surface area is 98.4 Å². The number of hydrogen-bond donors (Lipinski definition) is 1. The fraction of sp³-hybridized carbons (Fsp3) is 0.200. The molecule has 0 bridgehead atoms. The van der Waals surface area contributed by atoms with Crippen molar-refractivity contribution in [1.82, 2.24) is 0 Å². The summed E-state index contributed by atoms with van der Waals surface area (Å²) in [5.41, 5.74) is 0.615. The standard InChI is InChI=1S/C10H10N2O4S/c1-6-11-8-5-7(10(13)16-2)3-4-9(8)17(14,15)12-6/h3-5H,1-2H3,(H,11,12). The molecule has 7 heteroatoms. The van der Waals surface area contributed by atoms with Gasteiger partial charge in [-0.15, -0.1) is 4.40 Å². The van der Waals surface area contributed by atoms with Gasteiger partial charge in [-0.25, -0.2) is 4.79 Å². The number of hydrogen-bond acceptors (Lipinski definition) is 5. The minimum atomic E-state index is -3.67. The number of ether oxygens (including phenoxy) is 1. The van der Waals surface area contributed by atoms with Crippen LogP contribution in [0.2, 0.25) is 0 Å². The van der Waals surface area contributed by atoms with Gasteiger partial charge in [-0.2, -0.15) is 8.42 Å². The number of rotatable bonds is 1. The summed E-state index contributed by atoms with van der Waals surface area (Å²) < 4.78 is 31.5. The maximum Gasteiger partial charge on any atom is 0.337 e. The highest BCUT2D eigenvalue weighted by molar-refractivity contribution is 7.90. The number of nitrogens with one attached hydrogen (secondary N) is 1. The second-order valence-corrected chi connectivity index (χ2v) is 5.05. The average molecular weight is 254 g/mol. The van der Waals surface area contributed by atoms with E-state index in [1.807, 2.05) is 0 Å². The highest BCUT2D eigenvalue weighted by Gasteiger charge is 2.24. The molecule has 0 saturated heterocycles. The Hall–Kier alpha value is -1.89. The summed E-state index contributed by atoms with van der Waals surface area (Å²) in [6.07, 6.45) is 0. The Bertz CT molecular complexity index is 619. The third-order valence-corrected chi connectivity index (χ3v) is 3.68. The van der Waals surface area contributed by atoms with Crippen molar-refractivity contribution in [2.45, 2.75) is 11.8 Å². The number of benzene rings is 1. The number of carbonyl (C=O) groups is 1. The van der Waals surface area contributed by atoms with E-state index < -0.39 is 16.0 Å². The van der Waals surface area contributed by atoms with E-state index in [0.29, 0.717) is 5.69 Å². The van der Waals surface area contributed by atoms with E-state index in [4.69, 9.17) is 0 Å².